The van der Waals surface area contributed by atoms with Gasteiger partial charge >= 0.3 is 0 Å². The molecule has 1 aromatic carbocycles. The molecule has 3 unspecified atom stereocenters. The van der Waals surface area contributed by atoms with E-state index in [9.17, 15) is 0 Å². The van der Waals surface area contributed by atoms with Crippen molar-refractivity contribution in [3.63, 3.8) is 0 Å². The highest BCUT2D eigenvalue weighted by Crippen LogP contribution is 2.61. The van der Waals surface area contributed by atoms with E-state index in [1.165, 1.54) is 31.2 Å². The molecule has 1 nitrogen and oxygen atoms in total. The van der Waals surface area contributed by atoms with Crippen LogP contribution in [0.5, 0.6) is 0 Å². The van der Waals surface area contributed by atoms with E-state index in [-0.39, 0.29) is 0 Å². The zero-order valence-corrected chi connectivity index (χ0v) is 8.45. The molecule has 0 amide bonds. The van der Waals surface area contributed by atoms with Crippen molar-refractivity contribution in [2.45, 2.75) is 37.1 Å². The third-order valence-electron chi connectivity index (χ3n) is 4.25. The molecule has 1 heteroatoms. The van der Waals surface area contributed by atoms with Crippen LogP contribution in [0.2, 0.25) is 0 Å². The fraction of sp³-hybridized carbons (Fsp3) is 0.538. The van der Waals surface area contributed by atoms with Crippen LogP contribution in [0.15, 0.2) is 30.3 Å². The molecule has 2 N–H and O–H groups in total. The second-order valence-electron chi connectivity index (χ2n) is 4.78. The van der Waals surface area contributed by atoms with Gasteiger partial charge in [-0.05, 0) is 24.3 Å². The van der Waals surface area contributed by atoms with Gasteiger partial charge in [0, 0.05) is 11.5 Å². The minimum absolute atomic E-state index is 0.375. The van der Waals surface area contributed by atoms with Gasteiger partial charge in [0.2, 0.25) is 0 Å². The summed E-state index contributed by atoms with van der Waals surface area (Å²) in [4.78, 5) is 0. The van der Waals surface area contributed by atoms with E-state index in [4.69, 9.17) is 5.73 Å². The smallest absolute Gasteiger partial charge is 0.0177 e. The third kappa shape index (κ3) is 0.936. The first-order valence-corrected chi connectivity index (χ1v) is 5.67. The maximum absolute atomic E-state index is 6.24. The van der Waals surface area contributed by atoms with Crippen LogP contribution in [0.4, 0.5) is 0 Å². The molecule has 1 aromatic rings. The van der Waals surface area contributed by atoms with Crippen molar-refractivity contribution in [1.29, 1.82) is 0 Å². The van der Waals surface area contributed by atoms with Crippen molar-refractivity contribution in [2.24, 2.45) is 11.7 Å². The highest BCUT2D eigenvalue weighted by Gasteiger charge is 2.63. The molecule has 2 saturated carbocycles. The van der Waals surface area contributed by atoms with Gasteiger partial charge in [-0.3, -0.25) is 0 Å². The molecule has 2 aliphatic rings. The van der Waals surface area contributed by atoms with Crippen molar-refractivity contribution in [3.05, 3.63) is 35.9 Å². The van der Waals surface area contributed by atoms with Crippen LogP contribution in [0.1, 0.15) is 31.2 Å². The first-order valence-electron chi connectivity index (χ1n) is 5.67. The normalized spacial score (nSPS) is 40.4. The molecule has 14 heavy (non-hydrogen) atoms. The van der Waals surface area contributed by atoms with Crippen LogP contribution in [0.25, 0.3) is 0 Å². The zero-order chi connectivity index (χ0) is 9.60. The maximum atomic E-state index is 6.24. The minimum atomic E-state index is 0.375. The fourth-order valence-electron chi connectivity index (χ4n) is 3.42. The zero-order valence-electron chi connectivity index (χ0n) is 8.45. The summed E-state index contributed by atoms with van der Waals surface area (Å²) in [5.41, 5.74) is 8.10. The molecule has 0 radical (unpaired) electrons. The molecular formula is C13H17N. The van der Waals surface area contributed by atoms with Gasteiger partial charge in [0.15, 0.2) is 0 Å². The second-order valence-corrected chi connectivity index (χ2v) is 4.78. The molecule has 0 spiro atoms. The van der Waals surface area contributed by atoms with Crippen molar-refractivity contribution >= 4 is 0 Å². The summed E-state index contributed by atoms with van der Waals surface area (Å²) >= 11 is 0. The van der Waals surface area contributed by atoms with Crippen molar-refractivity contribution in [1.82, 2.24) is 0 Å². The van der Waals surface area contributed by atoms with Crippen LogP contribution in [0.3, 0.4) is 0 Å². The number of rotatable bonds is 1. The first-order chi connectivity index (χ1) is 6.86. The molecule has 2 aliphatic carbocycles. The Kier molecular flexibility index (Phi) is 1.72. The predicted octanol–water partition coefficient (Wildman–Crippen LogP) is 2.46. The fourth-order valence-corrected chi connectivity index (χ4v) is 3.42. The minimum Gasteiger partial charge on any atom is -0.327 e. The molecule has 3 atom stereocenters. The van der Waals surface area contributed by atoms with Gasteiger partial charge in [0.05, 0.1) is 0 Å². The lowest BCUT2D eigenvalue weighted by Crippen LogP contribution is -2.19. The van der Waals surface area contributed by atoms with E-state index >= 15 is 0 Å². The van der Waals surface area contributed by atoms with Gasteiger partial charge in [-0.15, -0.1) is 0 Å². The van der Waals surface area contributed by atoms with Crippen molar-refractivity contribution in [3.8, 4) is 0 Å². The maximum Gasteiger partial charge on any atom is 0.0177 e. The predicted molar refractivity (Wildman–Crippen MR) is 58.1 cm³/mol. The molecule has 3 rings (SSSR count). The Morgan fingerprint density at radius 3 is 2.64 bits per heavy atom. The standard InChI is InChI=1S/C13H17N/c14-12-11-8-4-5-9-13(11,12)10-6-2-1-3-7-10/h1-3,6-7,11-12H,4-5,8-9,14H2. The van der Waals surface area contributed by atoms with Gasteiger partial charge in [0.1, 0.15) is 0 Å². The summed E-state index contributed by atoms with van der Waals surface area (Å²) < 4.78 is 0. The van der Waals surface area contributed by atoms with Crippen molar-refractivity contribution in [2.75, 3.05) is 0 Å². The molecule has 0 heterocycles. The number of hydrogen-bond donors (Lipinski definition) is 1. The van der Waals surface area contributed by atoms with Gasteiger partial charge in [-0.1, -0.05) is 43.2 Å². The number of fused-ring (bicyclic) bond motifs is 1. The Labute approximate surface area is 85.3 Å². The molecule has 74 valence electrons. The molecule has 0 bridgehead atoms. The van der Waals surface area contributed by atoms with E-state index in [0.29, 0.717) is 11.5 Å². The van der Waals surface area contributed by atoms with Crippen LogP contribution in [0, 0.1) is 5.92 Å². The lowest BCUT2D eigenvalue weighted by Gasteiger charge is -2.22. The largest absolute Gasteiger partial charge is 0.327 e. The number of hydrogen-bond acceptors (Lipinski definition) is 1. The van der Waals surface area contributed by atoms with E-state index < -0.39 is 0 Å². The van der Waals surface area contributed by atoms with E-state index in [0.717, 1.165) is 5.92 Å². The average Bonchev–Trinajstić information content (AvgIpc) is 2.88. The van der Waals surface area contributed by atoms with Crippen LogP contribution in [-0.2, 0) is 5.41 Å². The Hall–Kier alpha value is -0.820. The second kappa shape index (κ2) is 2.83. The monoisotopic (exact) mass is 187 g/mol. The molecule has 2 fully saturated rings. The van der Waals surface area contributed by atoms with E-state index in [2.05, 4.69) is 30.3 Å². The van der Waals surface area contributed by atoms with Crippen LogP contribution >= 0.6 is 0 Å². The average molecular weight is 187 g/mol. The molecule has 0 aromatic heterocycles. The molecule has 0 saturated heterocycles. The first kappa shape index (κ1) is 8.49. The van der Waals surface area contributed by atoms with E-state index in [1.54, 1.807) is 0 Å². The third-order valence-corrected chi connectivity index (χ3v) is 4.25. The highest BCUT2D eigenvalue weighted by molar-refractivity contribution is 5.39. The number of benzene rings is 1. The van der Waals surface area contributed by atoms with Crippen LogP contribution < -0.4 is 5.73 Å². The van der Waals surface area contributed by atoms with Crippen LogP contribution in [-0.4, -0.2) is 6.04 Å². The summed E-state index contributed by atoms with van der Waals surface area (Å²) in [6.07, 6.45) is 5.39. The Balaban J connectivity index is 1.98. The lowest BCUT2D eigenvalue weighted by atomic mass is 9.82. The Morgan fingerprint density at radius 1 is 1.14 bits per heavy atom. The molecule has 0 aliphatic heterocycles. The van der Waals surface area contributed by atoms with Crippen molar-refractivity contribution < 1.29 is 0 Å². The quantitative estimate of drug-likeness (QED) is 0.718. The number of nitrogens with two attached hydrogens (primary N) is 1. The lowest BCUT2D eigenvalue weighted by molar-refractivity contribution is 0.428. The highest BCUT2D eigenvalue weighted by atomic mass is 14.9. The topological polar surface area (TPSA) is 26.0 Å². The summed E-state index contributed by atoms with van der Waals surface area (Å²) in [6, 6.07) is 11.3. The molecular weight excluding hydrogens is 170 g/mol. The SMILES string of the molecule is NC1C2CCCCC12c1ccccc1. The van der Waals surface area contributed by atoms with Gasteiger partial charge in [0.25, 0.3) is 0 Å². The summed E-state index contributed by atoms with van der Waals surface area (Å²) in [5, 5.41) is 0. The van der Waals surface area contributed by atoms with Gasteiger partial charge in [-0.2, -0.15) is 0 Å². The summed E-state index contributed by atoms with van der Waals surface area (Å²) in [5.74, 6) is 0.777. The Morgan fingerprint density at radius 2 is 1.93 bits per heavy atom. The van der Waals surface area contributed by atoms with Gasteiger partial charge in [-0.25, -0.2) is 0 Å². The van der Waals surface area contributed by atoms with Gasteiger partial charge < -0.3 is 5.73 Å². The summed E-state index contributed by atoms with van der Waals surface area (Å²) in [7, 11) is 0. The Bertz CT molecular complexity index is 332. The summed E-state index contributed by atoms with van der Waals surface area (Å²) in [6.45, 7) is 0. The van der Waals surface area contributed by atoms with E-state index in [1.807, 2.05) is 0 Å².